The highest BCUT2D eigenvalue weighted by molar-refractivity contribution is 6.20. The second-order valence-corrected chi connectivity index (χ2v) is 9.03. The van der Waals surface area contributed by atoms with Gasteiger partial charge < -0.3 is 4.90 Å². The molecule has 4 atom stereocenters. The molecule has 2 fully saturated rings. The van der Waals surface area contributed by atoms with Crippen LogP contribution in [-0.4, -0.2) is 23.9 Å². The minimum absolute atomic E-state index is 0.376. The van der Waals surface area contributed by atoms with E-state index in [1.165, 1.54) is 48.9 Å². The number of alkyl halides is 1. The lowest BCUT2D eigenvalue weighted by molar-refractivity contribution is 0.310. The predicted octanol–water partition coefficient (Wildman–Crippen LogP) is 6.19. The van der Waals surface area contributed by atoms with Crippen LogP contribution in [0.4, 0.5) is 0 Å². The van der Waals surface area contributed by atoms with Gasteiger partial charge in [-0.1, -0.05) is 61.0 Å². The van der Waals surface area contributed by atoms with Gasteiger partial charge in [0.2, 0.25) is 0 Å². The monoisotopic (exact) mass is 367 g/mol. The van der Waals surface area contributed by atoms with Gasteiger partial charge in [0.25, 0.3) is 0 Å². The molecule has 2 heteroatoms. The van der Waals surface area contributed by atoms with Crippen molar-refractivity contribution in [1.82, 2.24) is 4.90 Å². The zero-order valence-electron chi connectivity index (χ0n) is 15.8. The van der Waals surface area contributed by atoms with Crippen molar-refractivity contribution in [1.29, 1.82) is 0 Å². The van der Waals surface area contributed by atoms with Crippen molar-refractivity contribution in [3.63, 3.8) is 0 Å². The maximum atomic E-state index is 6.37. The highest BCUT2D eigenvalue weighted by atomic mass is 35.5. The minimum atomic E-state index is 0.376. The number of hydrogen-bond acceptors (Lipinski definition) is 1. The molecule has 0 heterocycles. The molecule has 0 aliphatic heterocycles. The summed E-state index contributed by atoms with van der Waals surface area (Å²) in [7, 11) is 2.25. The van der Waals surface area contributed by atoms with Gasteiger partial charge in [-0.2, -0.15) is 0 Å². The van der Waals surface area contributed by atoms with Crippen LogP contribution in [0, 0.1) is 5.92 Å². The standard InChI is InChI=1S/C24H30ClN/c1-26(16-18-6-3-2-4-7-18)17-22-15-24(22)20-12-10-19(11-13-20)21-8-5-9-23(25)14-21/h2-4,6-7,10-13,21-24H,5,8-9,14-17H2,1H3. The molecule has 2 aliphatic rings. The number of hydrogen-bond donors (Lipinski definition) is 0. The Morgan fingerprint density at radius 1 is 0.923 bits per heavy atom. The Balaban J connectivity index is 1.29. The maximum absolute atomic E-state index is 6.37. The molecule has 138 valence electrons. The predicted molar refractivity (Wildman–Crippen MR) is 111 cm³/mol. The van der Waals surface area contributed by atoms with Crippen molar-refractivity contribution in [3.8, 4) is 0 Å². The first-order valence-electron chi connectivity index (χ1n) is 10.2. The molecular formula is C24H30ClN. The third-order valence-corrected chi connectivity index (χ3v) is 6.61. The molecule has 0 N–H and O–H groups in total. The van der Waals surface area contributed by atoms with Crippen molar-refractivity contribution < 1.29 is 0 Å². The summed E-state index contributed by atoms with van der Waals surface area (Å²) in [5, 5.41) is 0.376. The fraction of sp³-hybridized carbons (Fsp3) is 0.500. The lowest BCUT2D eigenvalue weighted by Crippen LogP contribution is -2.20. The maximum Gasteiger partial charge on any atom is 0.0341 e. The number of halogens is 1. The van der Waals surface area contributed by atoms with Gasteiger partial charge >= 0.3 is 0 Å². The van der Waals surface area contributed by atoms with Gasteiger partial charge in [0.1, 0.15) is 0 Å². The third-order valence-electron chi connectivity index (χ3n) is 6.21. The van der Waals surface area contributed by atoms with Crippen LogP contribution >= 0.6 is 11.6 Å². The Morgan fingerprint density at radius 2 is 1.65 bits per heavy atom. The van der Waals surface area contributed by atoms with Crippen LogP contribution in [0.2, 0.25) is 0 Å². The summed E-state index contributed by atoms with van der Waals surface area (Å²) in [4.78, 5) is 2.47. The summed E-state index contributed by atoms with van der Waals surface area (Å²) in [6.07, 6.45) is 6.26. The molecule has 0 saturated heterocycles. The van der Waals surface area contributed by atoms with E-state index in [4.69, 9.17) is 11.6 Å². The average Bonchev–Trinajstić information content (AvgIpc) is 3.41. The van der Waals surface area contributed by atoms with Crippen molar-refractivity contribution in [2.24, 2.45) is 5.92 Å². The average molecular weight is 368 g/mol. The van der Waals surface area contributed by atoms with Crippen LogP contribution in [0.15, 0.2) is 54.6 Å². The van der Waals surface area contributed by atoms with Crippen LogP contribution in [0.1, 0.15) is 60.6 Å². The lowest BCUT2D eigenvalue weighted by atomic mass is 9.83. The Labute approximate surface area is 163 Å². The molecule has 2 aromatic rings. The molecule has 2 aromatic carbocycles. The van der Waals surface area contributed by atoms with E-state index in [1.54, 1.807) is 0 Å². The number of benzene rings is 2. The molecular weight excluding hydrogens is 338 g/mol. The van der Waals surface area contributed by atoms with Gasteiger partial charge in [0.05, 0.1) is 0 Å². The van der Waals surface area contributed by atoms with E-state index in [2.05, 4.69) is 66.5 Å². The molecule has 2 saturated carbocycles. The van der Waals surface area contributed by atoms with E-state index in [0.29, 0.717) is 11.3 Å². The van der Waals surface area contributed by atoms with Crippen LogP contribution in [0.3, 0.4) is 0 Å². The highest BCUT2D eigenvalue weighted by Gasteiger charge is 2.38. The molecule has 0 radical (unpaired) electrons. The summed E-state index contributed by atoms with van der Waals surface area (Å²) < 4.78 is 0. The largest absolute Gasteiger partial charge is 0.302 e. The molecule has 4 rings (SSSR count). The van der Waals surface area contributed by atoms with Gasteiger partial charge in [-0.05, 0) is 67.2 Å². The molecule has 0 bridgehead atoms. The van der Waals surface area contributed by atoms with Crippen LogP contribution in [0.25, 0.3) is 0 Å². The first-order chi connectivity index (χ1) is 12.7. The Morgan fingerprint density at radius 3 is 2.38 bits per heavy atom. The van der Waals surface area contributed by atoms with Gasteiger partial charge in [-0.3, -0.25) is 0 Å². The van der Waals surface area contributed by atoms with E-state index in [-0.39, 0.29) is 0 Å². The number of nitrogens with zero attached hydrogens (tertiary/aromatic N) is 1. The smallest absolute Gasteiger partial charge is 0.0341 e. The molecule has 0 spiro atoms. The Kier molecular flexibility index (Phi) is 5.66. The highest BCUT2D eigenvalue weighted by Crippen LogP contribution is 2.48. The normalized spacial score (nSPS) is 28.3. The van der Waals surface area contributed by atoms with E-state index in [0.717, 1.165) is 24.8 Å². The summed E-state index contributed by atoms with van der Waals surface area (Å²) >= 11 is 6.37. The first kappa shape index (κ1) is 18.1. The SMILES string of the molecule is CN(Cc1ccccc1)CC1CC1c1ccc(C2CCCC(Cl)C2)cc1. The second kappa shape index (κ2) is 8.15. The summed E-state index contributed by atoms with van der Waals surface area (Å²) in [6, 6.07) is 20.3. The van der Waals surface area contributed by atoms with Gasteiger partial charge in [0.15, 0.2) is 0 Å². The zero-order chi connectivity index (χ0) is 17.9. The quantitative estimate of drug-likeness (QED) is 0.550. The van der Waals surface area contributed by atoms with Crippen molar-refractivity contribution in [2.75, 3.05) is 13.6 Å². The molecule has 0 aromatic heterocycles. The topological polar surface area (TPSA) is 3.24 Å². The van der Waals surface area contributed by atoms with Gasteiger partial charge in [-0.25, -0.2) is 0 Å². The molecule has 0 amide bonds. The zero-order valence-corrected chi connectivity index (χ0v) is 16.5. The van der Waals surface area contributed by atoms with E-state index < -0.39 is 0 Å². The van der Waals surface area contributed by atoms with E-state index in [1.807, 2.05) is 0 Å². The number of rotatable bonds is 6. The third kappa shape index (κ3) is 4.50. The van der Waals surface area contributed by atoms with Gasteiger partial charge in [-0.15, -0.1) is 11.6 Å². The lowest BCUT2D eigenvalue weighted by Gasteiger charge is -2.25. The molecule has 4 unspecified atom stereocenters. The minimum Gasteiger partial charge on any atom is -0.302 e. The van der Waals surface area contributed by atoms with E-state index in [9.17, 15) is 0 Å². The van der Waals surface area contributed by atoms with E-state index >= 15 is 0 Å². The summed E-state index contributed by atoms with van der Waals surface area (Å²) in [5.74, 6) is 2.25. The second-order valence-electron chi connectivity index (χ2n) is 8.41. The molecule has 26 heavy (non-hydrogen) atoms. The van der Waals surface area contributed by atoms with Gasteiger partial charge in [0, 0.05) is 18.5 Å². The van der Waals surface area contributed by atoms with Crippen LogP contribution < -0.4 is 0 Å². The first-order valence-corrected chi connectivity index (χ1v) is 10.6. The molecule has 2 aliphatic carbocycles. The summed E-state index contributed by atoms with van der Waals surface area (Å²) in [6.45, 7) is 2.24. The van der Waals surface area contributed by atoms with Crippen molar-refractivity contribution >= 4 is 11.6 Å². The molecule has 1 nitrogen and oxygen atoms in total. The Bertz CT molecular complexity index is 696. The van der Waals surface area contributed by atoms with Crippen LogP contribution in [-0.2, 0) is 6.54 Å². The fourth-order valence-electron chi connectivity index (χ4n) is 4.67. The Hall–Kier alpha value is -1.31. The van der Waals surface area contributed by atoms with Crippen molar-refractivity contribution in [3.05, 3.63) is 71.3 Å². The van der Waals surface area contributed by atoms with Crippen LogP contribution in [0.5, 0.6) is 0 Å². The fourth-order valence-corrected chi connectivity index (χ4v) is 5.04. The summed E-state index contributed by atoms with van der Waals surface area (Å²) in [5.41, 5.74) is 4.43. The van der Waals surface area contributed by atoms with Crippen molar-refractivity contribution in [2.45, 2.75) is 55.9 Å².